The number of methoxy groups -OCH3 is 1. The summed E-state index contributed by atoms with van der Waals surface area (Å²) in [7, 11) is 1.38. The Morgan fingerprint density at radius 1 is 0.960 bits per heavy atom. The van der Waals surface area contributed by atoms with Crippen LogP contribution in [0.5, 0.6) is 11.5 Å². The number of halogens is 1. The molecule has 5 heteroatoms. The lowest BCUT2D eigenvalue weighted by Gasteiger charge is -2.33. The van der Waals surface area contributed by atoms with Crippen molar-refractivity contribution in [2.24, 2.45) is 0 Å². The summed E-state index contributed by atoms with van der Waals surface area (Å²) < 4.78 is 11.7. The Kier molecular flexibility index (Phi) is 3.93. The van der Waals surface area contributed by atoms with E-state index in [9.17, 15) is 4.79 Å². The van der Waals surface area contributed by atoms with E-state index in [1.54, 1.807) is 6.07 Å². The van der Waals surface area contributed by atoms with Gasteiger partial charge in [0.2, 0.25) is 0 Å². The van der Waals surface area contributed by atoms with Crippen molar-refractivity contribution >= 4 is 39.0 Å². The van der Waals surface area contributed by atoms with E-state index in [0.29, 0.717) is 5.56 Å². The molecule has 1 aliphatic heterocycles. The van der Waals surface area contributed by atoms with Crippen molar-refractivity contribution in [1.29, 1.82) is 0 Å². The van der Waals surface area contributed by atoms with Crippen LogP contribution in [0.25, 0.3) is 0 Å². The molecule has 4 nitrogen and oxygen atoms in total. The first-order chi connectivity index (χ1) is 12.2. The predicted molar refractivity (Wildman–Crippen MR) is 100 cm³/mol. The molecule has 1 aliphatic rings. The van der Waals surface area contributed by atoms with Crippen LogP contribution in [0.1, 0.15) is 10.4 Å². The molecule has 0 fully saturated rings. The van der Waals surface area contributed by atoms with Crippen LogP contribution in [0.4, 0.5) is 17.1 Å². The number of ether oxygens (including phenoxy) is 2. The first kappa shape index (κ1) is 15.7. The van der Waals surface area contributed by atoms with Gasteiger partial charge in [-0.2, -0.15) is 0 Å². The van der Waals surface area contributed by atoms with Gasteiger partial charge in [0.1, 0.15) is 0 Å². The van der Waals surface area contributed by atoms with E-state index >= 15 is 0 Å². The summed E-state index contributed by atoms with van der Waals surface area (Å²) >= 11 is 3.49. The second-order valence-corrected chi connectivity index (χ2v) is 6.48. The summed E-state index contributed by atoms with van der Waals surface area (Å²) in [6.07, 6.45) is 0. The molecule has 0 saturated carbocycles. The molecule has 0 radical (unpaired) electrons. The molecule has 0 N–H and O–H groups in total. The number of fused-ring (bicyclic) bond motifs is 2. The predicted octanol–water partition coefficient (Wildman–Crippen LogP) is 5.81. The molecule has 0 saturated heterocycles. The largest absolute Gasteiger partial charge is 0.465 e. The highest BCUT2D eigenvalue weighted by molar-refractivity contribution is 9.10. The molecule has 25 heavy (non-hydrogen) atoms. The van der Waals surface area contributed by atoms with Gasteiger partial charge in [0, 0.05) is 10.2 Å². The van der Waals surface area contributed by atoms with E-state index in [4.69, 9.17) is 9.47 Å². The third kappa shape index (κ3) is 2.76. The second-order valence-electron chi connectivity index (χ2n) is 5.56. The van der Waals surface area contributed by atoms with E-state index in [2.05, 4.69) is 20.8 Å². The Bertz CT molecular complexity index is 925. The molecule has 0 atom stereocenters. The number of para-hydroxylation sites is 4. The smallest absolute Gasteiger partial charge is 0.337 e. The maximum Gasteiger partial charge on any atom is 0.337 e. The number of benzene rings is 3. The number of hydrogen-bond donors (Lipinski definition) is 0. The third-order valence-corrected chi connectivity index (χ3v) is 4.45. The fourth-order valence-electron chi connectivity index (χ4n) is 2.92. The third-order valence-electron chi connectivity index (χ3n) is 3.99. The first-order valence-electron chi connectivity index (χ1n) is 7.72. The quantitative estimate of drug-likeness (QED) is 0.401. The van der Waals surface area contributed by atoms with E-state index in [1.807, 2.05) is 60.7 Å². The number of anilines is 3. The van der Waals surface area contributed by atoms with E-state index in [1.165, 1.54) is 7.11 Å². The molecule has 3 aromatic rings. The highest BCUT2D eigenvalue weighted by atomic mass is 79.9. The molecule has 0 unspecified atom stereocenters. The zero-order valence-corrected chi connectivity index (χ0v) is 15.0. The van der Waals surface area contributed by atoms with Crippen LogP contribution in [-0.4, -0.2) is 13.1 Å². The lowest BCUT2D eigenvalue weighted by atomic mass is 10.1. The van der Waals surface area contributed by atoms with E-state index in [0.717, 1.165) is 33.0 Å². The lowest BCUT2D eigenvalue weighted by Crippen LogP contribution is -2.16. The average Bonchev–Trinajstić information content (AvgIpc) is 2.64. The average molecular weight is 396 g/mol. The Morgan fingerprint density at radius 2 is 1.56 bits per heavy atom. The van der Waals surface area contributed by atoms with Crippen molar-refractivity contribution < 1.29 is 14.3 Å². The van der Waals surface area contributed by atoms with Crippen LogP contribution in [0.15, 0.2) is 71.2 Å². The fraction of sp³-hybridized carbons (Fsp3) is 0.0500. The zero-order valence-electron chi connectivity index (χ0n) is 13.4. The summed E-state index contributed by atoms with van der Waals surface area (Å²) in [5, 5.41) is 0. The lowest BCUT2D eigenvalue weighted by molar-refractivity contribution is 0.0600. The number of nitrogens with zero attached hydrogens (tertiary/aromatic N) is 1. The van der Waals surface area contributed by atoms with Crippen LogP contribution in [0.2, 0.25) is 0 Å². The van der Waals surface area contributed by atoms with Crippen molar-refractivity contribution in [3.63, 3.8) is 0 Å². The van der Waals surface area contributed by atoms with Crippen molar-refractivity contribution in [2.75, 3.05) is 12.0 Å². The molecule has 3 aromatic carbocycles. The van der Waals surface area contributed by atoms with Gasteiger partial charge in [0.05, 0.1) is 24.0 Å². The van der Waals surface area contributed by atoms with Crippen LogP contribution < -0.4 is 9.64 Å². The van der Waals surface area contributed by atoms with Gasteiger partial charge in [-0.3, -0.25) is 0 Å². The van der Waals surface area contributed by atoms with Gasteiger partial charge in [-0.25, -0.2) is 4.79 Å². The summed E-state index contributed by atoms with van der Waals surface area (Å²) in [5.74, 6) is 1.15. The molecule has 124 valence electrons. The number of carbonyl (C=O) groups is 1. The van der Waals surface area contributed by atoms with Gasteiger partial charge in [0.15, 0.2) is 11.5 Å². The van der Waals surface area contributed by atoms with Gasteiger partial charge in [0.25, 0.3) is 0 Å². The number of carbonyl (C=O) groups excluding carboxylic acids is 1. The topological polar surface area (TPSA) is 38.8 Å². The molecule has 0 bridgehead atoms. The monoisotopic (exact) mass is 395 g/mol. The minimum Gasteiger partial charge on any atom is -0.465 e. The van der Waals surface area contributed by atoms with Crippen LogP contribution in [-0.2, 0) is 4.74 Å². The van der Waals surface area contributed by atoms with Gasteiger partial charge >= 0.3 is 5.97 Å². The first-order valence-corrected chi connectivity index (χ1v) is 8.51. The molecule has 4 rings (SSSR count). The van der Waals surface area contributed by atoms with Gasteiger partial charge < -0.3 is 14.4 Å². The Morgan fingerprint density at radius 3 is 2.16 bits per heavy atom. The van der Waals surface area contributed by atoms with Crippen molar-refractivity contribution in [2.45, 2.75) is 0 Å². The molecule has 0 amide bonds. The number of hydrogen-bond acceptors (Lipinski definition) is 4. The Hall–Kier alpha value is -2.79. The van der Waals surface area contributed by atoms with Crippen molar-refractivity contribution in [3.8, 4) is 11.5 Å². The zero-order chi connectivity index (χ0) is 17.4. The van der Waals surface area contributed by atoms with Gasteiger partial charge in [-0.05, 0) is 42.5 Å². The second kappa shape index (κ2) is 6.26. The van der Waals surface area contributed by atoms with Gasteiger partial charge in [-0.15, -0.1) is 0 Å². The SMILES string of the molecule is COC(=O)c1cc(Br)cc(N2c3ccccc3Oc3ccccc32)c1. The minimum absolute atomic E-state index is 0.377. The Balaban J connectivity index is 1.94. The molecular formula is C20H14BrNO3. The number of rotatable bonds is 2. The van der Waals surface area contributed by atoms with E-state index in [-0.39, 0.29) is 5.97 Å². The number of esters is 1. The highest BCUT2D eigenvalue weighted by Gasteiger charge is 2.26. The summed E-state index contributed by atoms with van der Waals surface area (Å²) in [4.78, 5) is 14.1. The van der Waals surface area contributed by atoms with Gasteiger partial charge in [-0.1, -0.05) is 40.2 Å². The van der Waals surface area contributed by atoms with Crippen LogP contribution >= 0.6 is 15.9 Å². The molecule has 0 aliphatic carbocycles. The molecule has 0 aromatic heterocycles. The Labute approximate surface area is 153 Å². The molecule has 0 spiro atoms. The summed E-state index contributed by atoms with van der Waals surface area (Å²) in [6.45, 7) is 0. The van der Waals surface area contributed by atoms with E-state index < -0.39 is 0 Å². The van der Waals surface area contributed by atoms with Crippen LogP contribution in [0, 0.1) is 0 Å². The van der Waals surface area contributed by atoms with Crippen molar-refractivity contribution in [3.05, 3.63) is 76.8 Å². The molecular weight excluding hydrogens is 382 g/mol. The summed E-state index contributed by atoms with van der Waals surface area (Å²) in [5.41, 5.74) is 3.15. The fourth-order valence-corrected chi connectivity index (χ4v) is 3.40. The highest BCUT2D eigenvalue weighted by Crippen LogP contribution is 2.50. The summed E-state index contributed by atoms with van der Waals surface area (Å²) in [6, 6.07) is 21.2. The standard InChI is InChI=1S/C20H14BrNO3/c1-24-20(23)13-10-14(21)12-15(11-13)22-16-6-2-4-8-18(16)25-19-9-5-3-7-17(19)22/h2-12H,1H3. The minimum atomic E-state index is -0.377. The van der Waals surface area contributed by atoms with Crippen LogP contribution in [0.3, 0.4) is 0 Å². The molecule has 1 heterocycles. The normalized spacial score (nSPS) is 12.0. The maximum absolute atomic E-state index is 12.0. The maximum atomic E-state index is 12.0. The van der Waals surface area contributed by atoms with Crippen molar-refractivity contribution in [1.82, 2.24) is 0 Å².